The molecule has 0 radical (unpaired) electrons. The van der Waals surface area contributed by atoms with Crippen molar-refractivity contribution in [1.29, 1.82) is 0 Å². The lowest BCUT2D eigenvalue weighted by molar-refractivity contribution is 0.660. The molecule has 1 nitrogen and oxygen atoms in total. The maximum absolute atomic E-state index is 2.53. The van der Waals surface area contributed by atoms with E-state index < -0.39 is 0 Å². The van der Waals surface area contributed by atoms with E-state index in [-0.39, 0.29) is 10.8 Å². The zero-order valence-electron chi connectivity index (χ0n) is 35.4. The van der Waals surface area contributed by atoms with E-state index in [1.807, 2.05) is 0 Å². The highest BCUT2D eigenvalue weighted by Gasteiger charge is 2.39. The molecule has 61 heavy (non-hydrogen) atoms. The lowest BCUT2D eigenvalue weighted by Crippen LogP contribution is -2.18. The van der Waals surface area contributed by atoms with Crippen LogP contribution in [0.2, 0.25) is 0 Å². The molecule has 0 N–H and O–H groups in total. The van der Waals surface area contributed by atoms with Crippen molar-refractivity contribution in [2.75, 3.05) is 4.90 Å². The van der Waals surface area contributed by atoms with E-state index in [1.54, 1.807) is 0 Å². The molecule has 3 aliphatic rings. The smallest absolute Gasteiger partial charge is 0.0536 e. The third-order valence-electron chi connectivity index (χ3n) is 13.8. The quantitative estimate of drug-likeness (QED) is 0.156. The first-order valence-corrected chi connectivity index (χ1v) is 21.8. The fourth-order valence-electron chi connectivity index (χ4n) is 10.5. The molecule has 0 aliphatic heterocycles. The third kappa shape index (κ3) is 6.06. The molecule has 3 aliphatic carbocycles. The second-order valence-electron chi connectivity index (χ2n) is 18.0. The normalized spacial score (nSPS) is 15.0. The molecule has 0 atom stereocenters. The Labute approximate surface area is 361 Å². The molecule has 0 heterocycles. The van der Waals surface area contributed by atoms with E-state index in [4.69, 9.17) is 0 Å². The zero-order valence-corrected chi connectivity index (χ0v) is 35.4. The van der Waals surface area contributed by atoms with E-state index in [1.165, 1.54) is 106 Å². The molecule has 0 spiro atoms. The molecule has 11 rings (SSSR count). The van der Waals surface area contributed by atoms with Crippen LogP contribution in [-0.2, 0) is 10.8 Å². The van der Waals surface area contributed by atoms with Gasteiger partial charge in [0.2, 0.25) is 0 Å². The third-order valence-corrected chi connectivity index (χ3v) is 13.8. The Morgan fingerprint density at radius 1 is 0.393 bits per heavy atom. The Bertz CT molecular complexity index is 3050. The van der Waals surface area contributed by atoms with Gasteiger partial charge in [-0.3, -0.25) is 0 Å². The monoisotopic (exact) mass is 783 g/mol. The predicted molar refractivity (Wildman–Crippen MR) is 259 cm³/mol. The van der Waals surface area contributed by atoms with Gasteiger partial charge in [-0.1, -0.05) is 198 Å². The van der Waals surface area contributed by atoms with Gasteiger partial charge in [0.05, 0.1) is 5.69 Å². The van der Waals surface area contributed by atoms with Gasteiger partial charge in [-0.15, -0.1) is 0 Å². The number of rotatable bonds is 7. The Hall–Kier alpha value is -6.96. The summed E-state index contributed by atoms with van der Waals surface area (Å²) in [5.41, 5.74) is 24.2. The Morgan fingerprint density at radius 3 is 1.57 bits per heavy atom. The Balaban J connectivity index is 1.01. The largest absolute Gasteiger partial charge is 0.310 e. The number of anilines is 3. The van der Waals surface area contributed by atoms with Crippen molar-refractivity contribution in [3.8, 4) is 55.6 Å². The van der Waals surface area contributed by atoms with Crippen LogP contribution in [0.4, 0.5) is 17.1 Å². The van der Waals surface area contributed by atoms with Crippen LogP contribution in [0.15, 0.2) is 200 Å². The van der Waals surface area contributed by atoms with Crippen LogP contribution < -0.4 is 4.90 Å². The van der Waals surface area contributed by atoms with Crippen molar-refractivity contribution in [3.63, 3.8) is 0 Å². The van der Waals surface area contributed by atoms with Crippen molar-refractivity contribution in [3.05, 3.63) is 228 Å². The highest BCUT2D eigenvalue weighted by Crippen LogP contribution is 2.55. The number of nitrogens with zero attached hydrogens (tertiary/aromatic N) is 1. The summed E-state index contributed by atoms with van der Waals surface area (Å²) in [6.07, 6.45) is 8.89. The number of para-hydroxylation sites is 1. The Morgan fingerprint density at radius 2 is 0.902 bits per heavy atom. The standard InChI is InChI=1S/C60H49N/c1-59(2)53-23-13-11-21-50(53)51-36-34-46(38-55(51)59)61(57-25-14-12-20-48(57)44-18-9-6-10-19-44)47-35-37-52-56(39-47)60(3,4)54-24-15-22-49(58(52)54)45-32-30-43(31-33-45)42-28-26-41(27-29-42)40-16-7-5-8-17-40/h5-9,11-18,20-39H,10,19H2,1-4H3. The molecule has 0 unspecified atom stereocenters. The van der Waals surface area contributed by atoms with Crippen LogP contribution in [0.1, 0.15) is 68.4 Å². The minimum Gasteiger partial charge on any atom is -0.310 e. The van der Waals surface area contributed by atoms with Crippen LogP contribution in [0.5, 0.6) is 0 Å². The lowest BCUT2D eigenvalue weighted by Gasteiger charge is -2.31. The molecule has 0 saturated heterocycles. The van der Waals surface area contributed by atoms with Crippen LogP contribution in [0.25, 0.3) is 61.2 Å². The van der Waals surface area contributed by atoms with E-state index in [9.17, 15) is 0 Å². The highest BCUT2D eigenvalue weighted by molar-refractivity contribution is 5.96. The molecule has 294 valence electrons. The summed E-state index contributed by atoms with van der Waals surface area (Å²) in [5.74, 6) is 0. The van der Waals surface area contributed by atoms with Gasteiger partial charge in [-0.05, 0) is 127 Å². The van der Waals surface area contributed by atoms with Crippen LogP contribution in [-0.4, -0.2) is 0 Å². The molecular weight excluding hydrogens is 735 g/mol. The van der Waals surface area contributed by atoms with Crippen LogP contribution in [0, 0.1) is 0 Å². The molecule has 0 bridgehead atoms. The maximum Gasteiger partial charge on any atom is 0.0536 e. The Kier molecular flexibility index (Phi) is 8.72. The van der Waals surface area contributed by atoms with Crippen LogP contribution >= 0.6 is 0 Å². The first-order valence-electron chi connectivity index (χ1n) is 21.8. The van der Waals surface area contributed by atoms with E-state index >= 15 is 0 Å². The molecule has 0 aromatic heterocycles. The summed E-state index contributed by atoms with van der Waals surface area (Å²) in [6, 6.07) is 67.9. The fraction of sp³-hybridized carbons (Fsp3) is 0.133. The zero-order chi connectivity index (χ0) is 41.3. The molecule has 0 amide bonds. The molecule has 8 aromatic carbocycles. The summed E-state index contributed by atoms with van der Waals surface area (Å²) in [5, 5.41) is 0. The number of hydrogen-bond acceptors (Lipinski definition) is 1. The second-order valence-corrected chi connectivity index (χ2v) is 18.0. The van der Waals surface area contributed by atoms with Gasteiger partial charge < -0.3 is 4.90 Å². The molecule has 0 saturated carbocycles. The first-order chi connectivity index (χ1) is 29.8. The van der Waals surface area contributed by atoms with E-state index in [0.29, 0.717) is 0 Å². The minimum atomic E-state index is -0.194. The van der Waals surface area contributed by atoms with Crippen molar-refractivity contribution >= 4 is 22.6 Å². The average Bonchev–Trinajstić information content (AvgIpc) is 3.69. The topological polar surface area (TPSA) is 3.24 Å². The number of allylic oxidation sites excluding steroid dienone is 4. The van der Waals surface area contributed by atoms with E-state index in [2.05, 4.69) is 233 Å². The van der Waals surface area contributed by atoms with Crippen molar-refractivity contribution < 1.29 is 0 Å². The summed E-state index contributed by atoms with van der Waals surface area (Å²) in [7, 11) is 0. The van der Waals surface area contributed by atoms with Gasteiger partial charge in [0.15, 0.2) is 0 Å². The van der Waals surface area contributed by atoms with Gasteiger partial charge in [-0.25, -0.2) is 0 Å². The predicted octanol–water partition coefficient (Wildman–Crippen LogP) is 16.5. The highest BCUT2D eigenvalue weighted by atomic mass is 15.1. The van der Waals surface area contributed by atoms with Gasteiger partial charge in [-0.2, -0.15) is 0 Å². The van der Waals surface area contributed by atoms with Gasteiger partial charge >= 0.3 is 0 Å². The van der Waals surface area contributed by atoms with Gasteiger partial charge in [0, 0.05) is 27.8 Å². The number of hydrogen-bond donors (Lipinski definition) is 0. The second kappa shape index (κ2) is 14.4. The van der Waals surface area contributed by atoms with Crippen molar-refractivity contribution in [2.24, 2.45) is 0 Å². The van der Waals surface area contributed by atoms with E-state index in [0.717, 1.165) is 12.8 Å². The molecule has 8 aromatic rings. The SMILES string of the molecule is CC1(C)c2ccccc2-c2ccc(N(c3ccc4c(c3)C(C)(C)c3cccc(-c5ccc(-c6ccc(-c7ccccc7)cc6)cc5)c3-4)c3ccccc3C3=CC=CCC3)cc21. The first kappa shape index (κ1) is 37.1. The van der Waals surface area contributed by atoms with Gasteiger partial charge in [0.1, 0.15) is 0 Å². The average molecular weight is 784 g/mol. The molecular formula is C60H49N. The number of fused-ring (bicyclic) bond motifs is 6. The summed E-state index contributed by atoms with van der Waals surface area (Å²) >= 11 is 0. The molecule has 1 heteroatoms. The van der Waals surface area contributed by atoms with Crippen molar-refractivity contribution in [2.45, 2.75) is 51.4 Å². The summed E-state index contributed by atoms with van der Waals surface area (Å²) in [4.78, 5) is 2.53. The minimum absolute atomic E-state index is 0.104. The summed E-state index contributed by atoms with van der Waals surface area (Å²) < 4.78 is 0. The fourth-order valence-corrected chi connectivity index (χ4v) is 10.5. The number of benzene rings is 8. The molecule has 0 fully saturated rings. The maximum atomic E-state index is 2.53. The van der Waals surface area contributed by atoms with Crippen molar-refractivity contribution in [1.82, 2.24) is 0 Å². The van der Waals surface area contributed by atoms with Crippen LogP contribution in [0.3, 0.4) is 0 Å². The summed E-state index contributed by atoms with van der Waals surface area (Å²) in [6.45, 7) is 9.56. The van der Waals surface area contributed by atoms with Gasteiger partial charge in [0.25, 0.3) is 0 Å². The lowest BCUT2D eigenvalue weighted by atomic mass is 9.81.